The van der Waals surface area contributed by atoms with E-state index in [0.29, 0.717) is 23.3 Å². The van der Waals surface area contributed by atoms with Gasteiger partial charge in [-0.25, -0.2) is 13.2 Å². The smallest absolute Gasteiger partial charge is 0.407 e. The van der Waals surface area contributed by atoms with Crippen LogP contribution in [0.1, 0.15) is 31.9 Å². The number of carbonyl (C=O) groups excluding carboxylic acids is 1. The van der Waals surface area contributed by atoms with Crippen LogP contribution in [0.25, 0.3) is 11.0 Å². The topological polar surface area (TPSA) is 147 Å². The molecular weight excluding hydrogens is 641 g/mol. The maximum Gasteiger partial charge on any atom is 0.407 e. The van der Waals surface area contributed by atoms with Gasteiger partial charge in [0.05, 0.1) is 27.0 Å². The quantitative estimate of drug-likeness (QED) is 0.246. The Morgan fingerprint density at radius 2 is 1.85 bits per heavy atom. The summed E-state index contributed by atoms with van der Waals surface area (Å²) in [5.41, 5.74) is 1.31. The number of benzene rings is 2. The maximum atomic E-state index is 13.2. The zero-order chi connectivity index (χ0) is 28.4. The van der Waals surface area contributed by atoms with E-state index >= 15 is 0 Å². The molecule has 2 aromatic carbocycles. The molecule has 0 unspecified atom stereocenters. The van der Waals surface area contributed by atoms with E-state index in [1.165, 1.54) is 20.3 Å². The second-order valence-corrected chi connectivity index (χ2v) is 12.4. The Labute approximate surface area is 239 Å². The molecule has 39 heavy (non-hydrogen) atoms. The average molecular weight is 669 g/mol. The van der Waals surface area contributed by atoms with E-state index in [0.717, 1.165) is 14.7 Å². The summed E-state index contributed by atoms with van der Waals surface area (Å²) in [5, 5.41) is 11.4. The standard InChI is InChI=1S/C25H28IN5O7S/c1-25(2,3)37-24(32)27-11-16-12-28-31(14-16)13-15-8-19(36-5)22-20(9-15)38-29-23(22)30-39(33,34)21-10-17(26)6-7-18(21)35-4/h6-10,12,14H,11,13H2,1-5H3,(H,27,32)(H,29,30). The summed E-state index contributed by atoms with van der Waals surface area (Å²) in [6, 6.07) is 8.31. The molecule has 1 amide bonds. The third-order valence-corrected chi connectivity index (χ3v) is 7.36. The number of anilines is 1. The van der Waals surface area contributed by atoms with Crippen molar-refractivity contribution in [1.29, 1.82) is 0 Å². The molecular formula is C25H28IN5O7S. The van der Waals surface area contributed by atoms with Gasteiger partial charge in [0.15, 0.2) is 11.4 Å². The number of aromatic nitrogens is 3. The summed E-state index contributed by atoms with van der Waals surface area (Å²) in [4.78, 5) is 11.9. The minimum absolute atomic E-state index is 0.0103. The van der Waals surface area contributed by atoms with Gasteiger partial charge in [-0.15, -0.1) is 0 Å². The molecule has 2 aromatic heterocycles. The number of rotatable bonds is 9. The lowest BCUT2D eigenvalue weighted by Crippen LogP contribution is -2.32. The van der Waals surface area contributed by atoms with Crippen LogP contribution >= 0.6 is 22.6 Å². The molecule has 0 saturated carbocycles. The van der Waals surface area contributed by atoms with Gasteiger partial charge in [-0.05, 0) is 79.3 Å². The van der Waals surface area contributed by atoms with Gasteiger partial charge in [-0.2, -0.15) is 5.10 Å². The van der Waals surface area contributed by atoms with Crippen LogP contribution in [0.3, 0.4) is 0 Å². The fraction of sp³-hybridized carbons (Fsp3) is 0.320. The summed E-state index contributed by atoms with van der Waals surface area (Å²) < 4.78 is 52.8. The molecule has 0 aliphatic heterocycles. The molecule has 2 heterocycles. The van der Waals surface area contributed by atoms with Gasteiger partial charge < -0.3 is 24.1 Å². The Kier molecular flexibility index (Phi) is 8.25. The lowest BCUT2D eigenvalue weighted by Gasteiger charge is -2.19. The molecule has 0 saturated heterocycles. The van der Waals surface area contributed by atoms with Crippen LogP contribution in [0, 0.1) is 3.57 Å². The lowest BCUT2D eigenvalue weighted by molar-refractivity contribution is 0.0523. The average Bonchev–Trinajstić information content (AvgIpc) is 3.47. The highest BCUT2D eigenvalue weighted by Gasteiger charge is 2.25. The molecule has 0 spiro atoms. The first-order valence-electron chi connectivity index (χ1n) is 11.7. The minimum atomic E-state index is -4.05. The van der Waals surface area contributed by atoms with E-state index in [1.54, 1.807) is 62.1 Å². The molecule has 0 fully saturated rings. The van der Waals surface area contributed by atoms with Crippen molar-refractivity contribution in [2.24, 2.45) is 0 Å². The number of alkyl carbamates (subject to hydrolysis) is 1. The van der Waals surface area contributed by atoms with E-state index in [2.05, 4.69) is 20.3 Å². The first kappa shape index (κ1) is 28.5. The maximum absolute atomic E-state index is 13.2. The Morgan fingerprint density at radius 3 is 2.54 bits per heavy atom. The molecule has 14 heteroatoms. The van der Waals surface area contributed by atoms with Gasteiger partial charge in [0.1, 0.15) is 27.4 Å². The Balaban J connectivity index is 1.53. The van der Waals surface area contributed by atoms with E-state index in [-0.39, 0.29) is 23.0 Å². The highest BCUT2D eigenvalue weighted by Crippen LogP contribution is 2.36. The van der Waals surface area contributed by atoms with Crippen LogP contribution in [0.5, 0.6) is 11.5 Å². The van der Waals surface area contributed by atoms with Gasteiger partial charge in [0.25, 0.3) is 10.0 Å². The normalized spacial score (nSPS) is 11.8. The van der Waals surface area contributed by atoms with Crippen molar-refractivity contribution in [3.63, 3.8) is 0 Å². The van der Waals surface area contributed by atoms with E-state index < -0.39 is 21.7 Å². The second-order valence-electron chi connectivity index (χ2n) is 9.50. The summed E-state index contributed by atoms with van der Waals surface area (Å²) in [5.74, 6) is 0.559. The minimum Gasteiger partial charge on any atom is -0.496 e. The number of hydrogen-bond acceptors (Lipinski definition) is 9. The van der Waals surface area contributed by atoms with Crippen molar-refractivity contribution in [3.8, 4) is 11.5 Å². The Hall–Kier alpha value is -3.53. The second kappa shape index (κ2) is 11.3. The lowest BCUT2D eigenvalue weighted by atomic mass is 10.1. The number of fused-ring (bicyclic) bond motifs is 1. The van der Waals surface area contributed by atoms with E-state index in [1.807, 2.05) is 22.6 Å². The van der Waals surface area contributed by atoms with Crippen LogP contribution in [0.15, 0.2) is 52.1 Å². The van der Waals surface area contributed by atoms with Crippen molar-refractivity contribution in [2.45, 2.75) is 44.4 Å². The number of carbonyl (C=O) groups is 1. The molecule has 4 aromatic rings. The fourth-order valence-corrected chi connectivity index (χ4v) is 5.62. The van der Waals surface area contributed by atoms with Crippen molar-refractivity contribution in [3.05, 3.63) is 57.4 Å². The van der Waals surface area contributed by atoms with Crippen LogP contribution in [0.4, 0.5) is 10.6 Å². The van der Waals surface area contributed by atoms with Gasteiger partial charge in [-0.3, -0.25) is 9.40 Å². The van der Waals surface area contributed by atoms with Crippen molar-refractivity contribution >= 4 is 55.5 Å². The third kappa shape index (κ3) is 6.92. The number of ether oxygens (including phenoxy) is 3. The summed E-state index contributed by atoms with van der Waals surface area (Å²) in [7, 11) is -1.18. The van der Waals surface area contributed by atoms with Crippen LogP contribution in [0.2, 0.25) is 0 Å². The number of methoxy groups -OCH3 is 2. The first-order chi connectivity index (χ1) is 18.4. The highest BCUT2D eigenvalue weighted by atomic mass is 127. The van der Waals surface area contributed by atoms with Crippen LogP contribution < -0.4 is 19.5 Å². The van der Waals surface area contributed by atoms with E-state index in [9.17, 15) is 13.2 Å². The summed E-state index contributed by atoms with van der Waals surface area (Å²) in [6.07, 6.45) is 2.93. The summed E-state index contributed by atoms with van der Waals surface area (Å²) in [6.45, 7) is 6.00. The molecule has 0 atom stereocenters. The zero-order valence-corrected chi connectivity index (χ0v) is 24.9. The number of nitrogens with zero attached hydrogens (tertiary/aromatic N) is 3. The Bertz CT molecular complexity index is 1610. The Morgan fingerprint density at radius 1 is 1.10 bits per heavy atom. The van der Waals surface area contributed by atoms with Gasteiger partial charge >= 0.3 is 6.09 Å². The SMILES string of the molecule is COc1ccc(I)cc1S(=O)(=O)Nc1noc2cc(Cn3cc(CNC(=O)OC(C)(C)C)cn3)cc(OC)c12. The molecule has 0 bridgehead atoms. The van der Waals surface area contributed by atoms with Gasteiger partial charge in [-0.1, -0.05) is 5.16 Å². The number of hydrogen-bond donors (Lipinski definition) is 2. The third-order valence-electron chi connectivity index (χ3n) is 5.33. The number of amides is 1. The van der Waals surface area contributed by atoms with Gasteiger partial charge in [0, 0.05) is 21.9 Å². The molecule has 4 rings (SSSR count). The fourth-order valence-electron chi connectivity index (χ4n) is 3.71. The van der Waals surface area contributed by atoms with E-state index in [4.69, 9.17) is 18.7 Å². The molecule has 0 aliphatic rings. The molecule has 0 radical (unpaired) electrons. The zero-order valence-electron chi connectivity index (χ0n) is 21.9. The van der Waals surface area contributed by atoms with Crippen molar-refractivity contribution < 1.29 is 31.9 Å². The molecule has 12 nitrogen and oxygen atoms in total. The van der Waals surface area contributed by atoms with Gasteiger partial charge in [0.2, 0.25) is 0 Å². The largest absolute Gasteiger partial charge is 0.496 e. The number of nitrogens with one attached hydrogen (secondary N) is 2. The summed E-state index contributed by atoms with van der Waals surface area (Å²) >= 11 is 2.03. The van der Waals surface area contributed by atoms with Crippen LogP contribution in [-0.2, 0) is 27.8 Å². The molecule has 2 N–H and O–H groups in total. The number of sulfonamides is 1. The van der Waals surface area contributed by atoms with Crippen LogP contribution in [-0.4, -0.2) is 49.3 Å². The number of halogens is 1. The highest BCUT2D eigenvalue weighted by molar-refractivity contribution is 14.1. The first-order valence-corrected chi connectivity index (χ1v) is 14.3. The van der Waals surface area contributed by atoms with Crippen molar-refractivity contribution in [1.82, 2.24) is 20.3 Å². The predicted molar refractivity (Wildman–Crippen MR) is 151 cm³/mol. The monoisotopic (exact) mass is 669 g/mol. The predicted octanol–water partition coefficient (Wildman–Crippen LogP) is 4.52. The molecule has 0 aliphatic carbocycles. The van der Waals surface area contributed by atoms with Crippen molar-refractivity contribution in [2.75, 3.05) is 18.9 Å². The molecule has 208 valence electrons.